The van der Waals surface area contributed by atoms with Crippen LogP contribution in [0.3, 0.4) is 0 Å². The zero-order valence-electron chi connectivity index (χ0n) is 17.0. The van der Waals surface area contributed by atoms with Crippen molar-refractivity contribution >= 4 is 37.8 Å². The number of hydrogen-bond acceptors (Lipinski definition) is 9. The van der Waals surface area contributed by atoms with Crippen LogP contribution < -0.4 is 10.0 Å². The summed E-state index contributed by atoms with van der Waals surface area (Å²) in [6, 6.07) is 5.76. The smallest absolute Gasteiger partial charge is 0.339 e. The molecule has 180 valence electrons. The number of aryl methyl sites for hydroxylation is 1. The summed E-state index contributed by atoms with van der Waals surface area (Å²) in [7, 11) is -4.33. The van der Waals surface area contributed by atoms with E-state index in [1.54, 1.807) is 12.1 Å². The molecule has 0 aliphatic carbocycles. The van der Waals surface area contributed by atoms with Crippen molar-refractivity contribution in [2.75, 3.05) is 6.54 Å². The number of rotatable bonds is 7. The van der Waals surface area contributed by atoms with E-state index >= 15 is 0 Å². The molecule has 1 aliphatic rings. The number of halogens is 1. The number of sulfonamides is 1. The van der Waals surface area contributed by atoms with E-state index in [-0.39, 0.29) is 16.9 Å². The number of aliphatic hydroxyl groups is 3. The van der Waals surface area contributed by atoms with Crippen molar-refractivity contribution in [3.8, 4) is 0 Å². The molecule has 3 rings (SSSR count). The molecule has 1 fully saturated rings. The lowest BCUT2D eigenvalue weighted by molar-refractivity contribution is -0.243. The van der Waals surface area contributed by atoms with Gasteiger partial charge in [-0.1, -0.05) is 22.0 Å². The fourth-order valence-corrected chi connectivity index (χ4v) is 4.63. The van der Waals surface area contributed by atoms with Gasteiger partial charge in [-0.15, -0.1) is 0 Å². The number of carboxylic acids is 1. The third-order valence-electron chi connectivity index (χ3n) is 4.97. The Balaban J connectivity index is 1.65. The summed E-state index contributed by atoms with van der Waals surface area (Å²) < 4.78 is 37.7. The molecule has 14 heteroatoms. The number of benzene rings is 1. The first-order chi connectivity index (χ1) is 15.4. The summed E-state index contributed by atoms with van der Waals surface area (Å²) in [5, 5.41) is 41.8. The minimum Gasteiger partial charge on any atom is -0.478 e. The second-order valence-electron chi connectivity index (χ2n) is 7.25. The maximum atomic E-state index is 12.4. The highest BCUT2D eigenvalue weighted by Crippen LogP contribution is 2.23. The van der Waals surface area contributed by atoms with Crippen LogP contribution >= 0.6 is 15.9 Å². The Morgan fingerprint density at radius 2 is 1.85 bits per heavy atom. The predicted octanol–water partition coefficient (Wildman–Crippen LogP) is -0.435. The van der Waals surface area contributed by atoms with Gasteiger partial charge in [0.2, 0.25) is 5.09 Å². The number of nitrogens with one attached hydrogen (secondary N) is 2. The number of furan rings is 1. The lowest BCUT2D eigenvalue weighted by atomic mass is 9.96. The SMILES string of the molecule is Cc1oc(S(=O)(=O)NC[C@H]2OC(O)[C@H](NC(=O)c3cccc(Br)c3)[C@@H](O)[C@@H]2O)cc1C(=O)O. The van der Waals surface area contributed by atoms with Gasteiger partial charge in [-0.2, -0.15) is 0 Å². The van der Waals surface area contributed by atoms with Crippen molar-refractivity contribution in [3.05, 3.63) is 51.7 Å². The van der Waals surface area contributed by atoms with Gasteiger partial charge in [0.1, 0.15) is 35.7 Å². The molecule has 0 radical (unpaired) electrons. The maximum absolute atomic E-state index is 12.4. The number of hydrogen-bond donors (Lipinski definition) is 6. The van der Waals surface area contributed by atoms with E-state index in [1.807, 2.05) is 0 Å². The highest BCUT2D eigenvalue weighted by atomic mass is 79.9. The summed E-state index contributed by atoms with van der Waals surface area (Å²) in [5.74, 6) is -2.13. The summed E-state index contributed by atoms with van der Waals surface area (Å²) in [6.07, 6.45) is -6.53. The Hall–Kier alpha value is -2.33. The van der Waals surface area contributed by atoms with Crippen molar-refractivity contribution in [1.29, 1.82) is 0 Å². The second-order valence-corrected chi connectivity index (χ2v) is 9.86. The van der Waals surface area contributed by atoms with Crippen molar-refractivity contribution in [2.24, 2.45) is 0 Å². The Morgan fingerprint density at radius 3 is 2.45 bits per heavy atom. The van der Waals surface area contributed by atoms with E-state index in [2.05, 4.69) is 26.0 Å². The number of carboxylic acid groups (broad SMARTS) is 1. The average Bonchev–Trinajstić information content (AvgIpc) is 3.15. The first kappa shape index (κ1) is 25.3. The summed E-state index contributed by atoms with van der Waals surface area (Å²) in [4.78, 5) is 23.5. The second kappa shape index (κ2) is 9.89. The lowest BCUT2D eigenvalue weighted by Crippen LogP contribution is -2.65. The van der Waals surface area contributed by atoms with Crippen molar-refractivity contribution < 1.29 is 47.6 Å². The minimum atomic E-state index is -4.33. The van der Waals surface area contributed by atoms with E-state index in [0.717, 1.165) is 6.07 Å². The van der Waals surface area contributed by atoms with Gasteiger partial charge >= 0.3 is 5.97 Å². The molecule has 0 spiro atoms. The Kier molecular flexibility index (Phi) is 7.58. The molecule has 33 heavy (non-hydrogen) atoms. The van der Waals surface area contributed by atoms with Crippen LogP contribution in [0, 0.1) is 6.92 Å². The van der Waals surface area contributed by atoms with E-state index < -0.39 is 64.2 Å². The molecule has 1 unspecified atom stereocenters. The molecule has 6 N–H and O–H groups in total. The van der Waals surface area contributed by atoms with E-state index in [1.165, 1.54) is 19.1 Å². The number of ether oxygens (including phenoxy) is 1. The van der Waals surface area contributed by atoms with Crippen LogP contribution in [0.25, 0.3) is 0 Å². The standard InChI is InChI=1S/C19H21BrN2O10S/c1-8-11(18(26)27)6-13(31-8)33(29,30)21-7-12-15(23)16(24)14(19(28)32-12)22-17(25)9-3-2-4-10(20)5-9/h2-6,12,14-16,19,21,23-24,28H,7H2,1H3,(H,22,25)(H,26,27)/t12-,14-,15-,16-,19?/m1/s1. The van der Waals surface area contributed by atoms with Gasteiger partial charge in [-0.3, -0.25) is 4.79 Å². The third kappa shape index (κ3) is 5.60. The minimum absolute atomic E-state index is 0.119. The molecule has 12 nitrogen and oxygen atoms in total. The van der Waals surface area contributed by atoms with Crippen molar-refractivity contribution in [3.63, 3.8) is 0 Å². The van der Waals surface area contributed by atoms with E-state index in [4.69, 9.17) is 14.3 Å². The largest absolute Gasteiger partial charge is 0.478 e. The molecule has 5 atom stereocenters. The normalized spacial score (nSPS) is 25.5. The Morgan fingerprint density at radius 1 is 1.15 bits per heavy atom. The Labute approximate surface area is 196 Å². The molecular formula is C19H21BrN2O10S. The molecule has 1 aromatic heterocycles. The number of carbonyl (C=O) groups is 2. The Bertz CT molecular complexity index is 1150. The fraction of sp³-hybridized carbons (Fsp3) is 0.368. The van der Waals surface area contributed by atoms with Gasteiger partial charge < -0.3 is 34.9 Å². The summed E-state index contributed by atoms with van der Waals surface area (Å²) in [5.41, 5.74) is -0.109. The van der Waals surface area contributed by atoms with Crippen LogP contribution in [-0.4, -0.2) is 77.9 Å². The van der Waals surface area contributed by atoms with Crippen LogP contribution in [0.1, 0.15) is 26.5 Å². The third-order valence-corrected chi connectivity index (χ3v) is 6.74. The summed E-state index contributed by atoms with van der Waals surface area (Å²) in [6.45, 7) is 0.692. The molecule has 2 heterocycles. The molecule has 0 bridgehead atoms. The number of aromatic carboxylic acids is 1. The molecule has 1 aliphatic heterocycles. The topological polar surface area (TPSA) is 196 Å². The van der Waals surface area contributed by atoms with Crippen LogP contribution in [-0.2, 0) is 14.8 Å². The number of aliphatic hydroxyl groups excluding tert-OH is 3. The molecule has 1 saturated heterocycles. The lowest BCUT2D eigenvalue weighted by Gasteiger charge is -2.40. The first-order valence-corrected chi connectivity index (χ1v) is 11.8. The zero-order chi connectivity index (χ0) is 24.5. The molecule has 0 saturated carbocycles. The van der Waals surface area contributed by atoms with Gasteiger partial charge in [-0.25, -0.2) is 17.9 Å². The quantitative estimate of drug-likeness (QED) is 0.264. The predicted molar refractivity (Wildman–Crippen MR) is 114 cm³/mol. The van der Waals surface area contributed by atoms with Gasteiger partial charge in [0.15, 0.2) is 6.29 Å². The molecular weight excluding hydrogens is 528 g/mol. The van der Waals surface area contributed by atoms with Gasteiger partial charge in [0.05, 0.1) is 0 Å². The molecule has 2 aromatic rings. The van der Waals surface area contributed by atoms with Crippen LogP contribution in [0.2, 0.25) is 0 Å². The van der Waals surface area contributed by atoms with E-state index in [0.29, 0.717) is 4.47 Å². The van der Waals surface area contributed by atoms with Crippen molar-refractivity contribution in [2.45, 2.75) is 42.7 Å². The number of amides is 1. The van der Waals surface area contributed by atoms with Crippen LogP contribution in [0.4, 0.5) is 0 Å². The first-order valence-electron chi connectivity index (χ1n) is 9.50. The fourth-order valence-electron chi connectivity index (χ4n) is 3.20. The maximum Gasteiger partial charge on any atom is 0.339 e. The molecule has 1 amide bonds. The van der Waals surface area contributed by atoms with Gasteiger partial charge in [-0.05, 0) is 25.1 Å². The molecule has 1 aromatic carbocycles. The average molecular weight is 549 g/mol. The van der Waals surface area contributed by atoms with Crippen molar-refractivity contribution in [1.82, 2.24) is 10.0 Å². The monoisotopic (exact) mass is 548 g/mol. The van der Waals surface area contributed by atoms with Gasteiger partial charge in [0, 0.05) is 22.6 Å². The highest BCUT2D eigenvalue weighted by Gasteiger charge is 2.45. The van der Waals surface area contributed by atoms with Crippen LogP contribution in [0.5, 0.6) is 0 Å². The van der Waals surface area contributed by atoms with E-state index in [9.17, 15) is 33.3 Å². The zero-order valence-corrected chi connectivity index (χ0v) is 19.4. The number of carbonyl (C=O) groups excluding carboxylic acids is 1. The highest BCUT2D eigenvalue weighted by molar-refractivity contribution is 9.10. The summed E-state index contributed by atoms with van der Waals surface area (Å²) >= 11 is 3.22. The van der Waals surface area contributed by atoms with Crippen LogP contribution in [0.15, 0.2) is 44.3 Å². The van der Waals surface area contributed by atoms with Gasteiger partial charge in [0.25, 0.3) is 15.9 Å².